The molecule has 1 N–H and O–H groups in total. The van der Waals surface area contributed by atoms with Crippen molar-refractivity contribution in [2.45, 2.75) is 5.03 Å². The zero-order chi connectivity index (χ0) is 8.48. The molecule has 0 spiro atoms. The fourth-order valence-corrected chi connectivity index (χ4v) is 1.43. The van der Waals surface area contributed by atoms with Gasteiger partial charge in [0, 0.05) is 16.9 Å². The van der Waals surface area contributed by atoms with E-state index in [0.717, 1.165) is 0 Å². The number of hydrogen-bond donors (Lipinski definition) is 1. The molecule has 6 heteroatoms. The minimum atomic E-state index is -3.92. The summed E-state index contributed by atoms with van der Waals surface area (Å²) in [6, 6.07) is 2.60. The van der Waals surface area contributed by atoms with Gasteiger partial charge in [0.05, 0.1) is 0 Å². The summed E-state index contributed by atoms with van der Waals surface area (Å²) < 4.78 is 21.2. The van der Waals surface area contributed by atoms with E-state index in [1.807, 2.05) is 0 Å². The second-order valence-corrected chi connectivity index (χ2v) is 4.25. The lowest BCUT2D eigenvalue weighted by atomic mass is 10.5. The van der Waals surface area contributed by atoms with Crippen LogP contribution in [0.3, 0.4) is 0 Å². The highest BCUT2D eigenvalue weighted by Crippen LogP contribution is 2.21. The number of aromatic nitrogens is 1. The molecule has 0 bridgehead atoms. The fraction of sp³-hybridized carbons (Fsp3) is 0. The van der Waals surface area contributed by atoms with Crippen molar-refractivity contribution in [3.8, 4) is 5.75 Å². The van der Waals surface area contributed by atoms with Crippen molar-refractivity contribution in [3.05, 3.63) is 18.3 Å². The lowest BCUT2D eigenvalue weighted by Gasteiger charge is -1.95. The Hall–Kier alpha value is -0.810. The smallest absolute Gasteiger partial charge is 0.282 e. The molecule has 60 valence electrons. The number of aromatic hydroxyl groups is 1. The van der Waals surface area contributed by atoms with Crippen LogP contribution >= 0.6 is 10.7 Å². The van der Waals surface area contributed by atoms with Gasteiger partial charge in [0.25, 0.3) is 9.05 Å². The van der Waals surface area contributed by atoms with Crippen molar-refractivity contribution >= 4 is 19.7 Å². The van der Waals surface area contributed by atoms with E-state index >= 15 is 0 Å². The molecule has 1 aromatic rings. The van der Waals surface area contributed by atoms with Gasteiger partial charge in [-0.25, -0.2) is 13.4 Å². The van der Waals surface area contributed by atoms with Crippen LogP contribution in [0.25, 0.3) is 0 Å². The van der Waals surface area contributed by atoms with Crippen molar-refractivity contribution in [2.75, 3.05) is 0 Å². The maximum atomic E-state index is 10.6. The lowest BCUT2D eigenvalue weighted by Crippen LogP contribution is -1.93. The largest absolute Gasteiger partial charge is 0.505 e. The molecule has 0 saturated carbocycles. The standard InChI is InChI=1S/C5H4ClNO3S/c6-11(9,10)5-4(8)2-1-3-7-5/h1-3,8H. The van der Waals surface area contributed by atoms with Gasteiger partial charge in [-0.15, -0.1) is 0 Å². The second-order valence-electron chi connectivity index (χ2n) is 1.77. The molecule has 0 fully saturated rings. The topological polar surface area (TPSA) is 67.3 Å². The molecule has 0 unspecified atom stereocenters. The maximum absolute atomic E-state index is 10.6. The van der Waals surface area contributed by atoms with Crippen LogP contribution in [0, 0.1) is 0 Å². The summed E-state index contributed by atoms with van der Waals surface area (Å²) in [7, 11) is 0.991. The number of rotatable bonds is 1. The van der Waals surface area contributed by atoms with Gasteiger partial charge in [0.15, 0.2) is 5.75 Å². The molecule has 1 heterocycles. The van der Waals surface area contributed by atoms with Crippen LogP contribution in [-0.2, 0) is 9.05 Å². The van der Waals surface area contributed by atoms with Gasteiger partial charge in [-0.3, -0.25) is 0 Å². The first-order valence-electron chi connectivity index (χ1n) is 2.60. The third-order valence-electron chi connectivity index (χ3n) is 0.982. The van der Waals surface area contributed by atoms with Crippen LogP contribution in [0.5, 0.6) is 5.75 Å². The van der Waals surface area contributed by atoms with Crippen molar-refractivity contribution in [1.82, 2.24) is 4.98 Å². The SMILES string of the molecule is O=S(=O)(Cl)c1ncccc1O. The van der Waals surface area contributed by atoms with E-state index in [2.05, 4.69) is 4.98 Å². The Morgan fingerprint density at radius 3 is 2.55 bits per heavy atom. The summed E-state index contributed by atoms with van der Waals surface area (Å²) in [5.41, 5.74) is 0. The molecule has 0 amide bonds. The Bertz CT molecular complexity index is 362. The third-order valence-corrected chi connectivity index (χ3v) is 2.20. The zero-order valence-corrected chi connectivity index (χ0v) is 6.80. The van der Waals surface area contributed by atoms with Gasteiger partial charge in [0.1, 0.15) is 0 Å². The summed E-state index contributed by atoms with van der Waals surface area (Å²) in [5, 5.41) is 8.41. The molecule has 0 aromatic carbocycles. The third kappa shape index (κ3) is 1.81. The zero-order valence-electron chi connectivity index (χ0n) is 5.23. The van der Waals surface area contributed by atoms with E-state index in [-0.39, 0.29) is 0 Å². The van der Waals surface area contributed by atoms with Crippen molar-refractivity contribution in [1.29, 1.82) is 0 Å². The summed E-state index contributed by atoms with van der Waals surface area (Å²) in [6.45, 7) is 0. The fourth-order valence-electron chi connectivity index (χ4n) is 0.570. The second kappa shape index (κ2) is 2.67. The molecule has 1 rings (SSSR count). The van der Waals surface area contributed by atoms with Crippen LogP contribution in [0.2, 0.25) is 0 Å². The molecular formula is C5H4ClNO3S. The van der Waals surface area contributed by atoms with E-state index in [1.54, 1.807) is 0 Å². The summed E-state index contributed by atoms with van der Waals surface area (Å²) >= 11 is 0. The Morgan fingerprint density at radius 2 is 2.18 bits per heavy atom. The number of halogens is 1. The summed E-state index contributed by atoms with van der Waals surface area (Å²) in [6.07, 6.45) is 1.23. The monoisotopic (exact) mass is 193 g/mol. The average Bonchev–Trinajstić information content (AvgIpc) is 1.86. The maximum Gasteiger partial charge on any atom is 0.282 e. The van der Waals surface area contributed by atoms with Gasteiger partial charge in [0.2, 0.25) is 5.03 Å². The Morgan fingerprint density at radius 1 is 1.55 bits per heavy atom. The highest BCUT2D eigenvalue weighted by atomic mass is 35.7. The normalized spacial score (nSPS) is 11.4. The molecule has 11 heavy (non-hydrogen) atoms. The number of nitrogens with zero attached hydrogens (tertiary/aromatic N) is 1. The first kappa shape index (κ1) is 8.29. The van der Waals surface area contributed by atoms with Crippen molar-refractivity contribution in [2.24, 2.45) is 0 Å². The molecular weight excluding hydrogens is 190 g/mol. The molecule has 1 aromatic heterocycles. The molecule has 4 nitrogen and oxygen atoms in total. The molecule has 0 aliphatic heterocycles. The Labute approximate surface area is 67.9 Å². The predicted molar refractivity (Wildman–Crippen MR) is 38.9 cm³/mol. The van der Waals surface area contributed by atoms with E-state index in [1.165, 1.54) is 18.3 Å². The van der Waals surface area contributed by atoms with Crippen LogP contribution in [-0.4, -0.2) is 18.5 Å². The lowest BCUT2D eigenvalue weighted by molar-refractivity contribution is 0.453. The Balaban J connectivity index is 3.37. The first-order valence-corrected chi connectivity index (χ1v) is 4.91. The van der Waals surface area contributed by atoms with E-state index in [4.69, 9.17) is 15.8 Å². The van der Waals surface area contributed by atoms with Gasteiger partial charge in [-0.05, 0) is 12.1 Å². The highest BCUT2D eigenvalue weighted by Gasteiger charge is 2.15. The predicted octanol–water partition coefficient (Wildman–Crippen LogP) is 0.715. The average molecular weight is 194 g/mol. The van der Waals surface area contributed by atoms with Gasteiger partial charge in [-0.1, -0.05) is 0 Å². The Kier molecular flexibility index (Phi) is 2.01. The van der Waals surface area contributed by atoms with Crippen LogP contribution < -0.4 is 0 Å². The number of pyridine rings is 1. The van der Waals surface area contributed by atoms with E-state index < -0.39 is 19.8 Å². The van der Waals surface area contributed by atoms with Crippen molar-refractivity contribution < 1.29 is 13.5 Å². The quantitative estimate of drug-likeness (QED) is 0.668. The van der Waals surface area contributed by atoms with Crippen LogP contribution in [0.15, 0.2) is 23.4 Å². The molecule has 0 aliphatic carbocycles. The van der Waals surface area contributed by atoms with E-state index in [9.17, 15) is 8.42 Å². The van der Waals surface area contributed by atoms with Crippen LogP contribution in [0.4, 0.5) is 0 Å². The highest BCUT2D eigenvalue weighted by molar-refractivity contribution is 8.13. The van der Waals surface area contributed by atoms with Gasteiger partial charge >= 0.3 is 0 Å². The minimum Gasteiger partial charge on any atom is -0.505 e. The molecule has 0 saturated heterocycles. The van der Waals surface area contributed by atoms with E-state index in [0.29, 0.717) is 0 Å². The van der Waals surface area contributed by atoms with Gasteiger partial charge < -0.3 is 5.11 Å². The summed E-state index contributed by atoms with van der Waals surface area (Å²) in [4.78, 5) is 3.38. The van der Waals surface area contributed by atoms with Crippen LogP contribution in [0.1, 0.15) is 0 Å². The molecule has 0 radical (unpaired) electrons. The molecule has 0 aliphatic rings. The van der Waals surface area contributed by atoms with Gasteiger partial charge in [-0.2, -0.15) is 0 Å². The number of hydrogen-bond acceptors (Lipinski definition) is 4. The first-order chi connectivity index (χ1) is 5.02. The van der Waals surface area contributed by atoms with Crippen molar-refractivity contribution in [3.63, 3.8) is 0 Å². The summed E-state index contributed by atoms with van der Waals surface area (Å²) in [5.74, 6) is -0.442. The molecule has 0 atom stereocenters. The minimum absolute atomic E-state index is 0.442.